The first-order valence-corrected chi connectivity index (χ1v) is 7.77. The molecule has 0 saturated heterocycles. The van der Waals surface area contributed by atoms with Gasteiger partial charge in [0.2, 0.25) is 5.82 Å². The third-order valence-corrected chi connectivity index (χ3v) is 3.57. The molecule has 1 N–H and O–H groups in total. The fourth-order valence-electron chi connectivity index (χ4n) is 2.37. The van der Waals surface area contributed by atoms with Crippen LogP contribution in [0.3, 0.4) is 0 Å². The third-order valence-electron chi connectivity index (χ3n) is 3.57. The second-order valence-electron chi connectivity index (χ2n) is 5.38. The van der Waals surface area contributed by atoms with Crippen LogP contribution in [-0.2, 0) is 0 Å². The van der Waals surface area contributed by atoms with Crippen molar-refractivity contribution in [3.8, 4) is 17.5 Å². The van der Waals surface area contributed by atoms with Crippen molar-refractivity contribution in [2.75, 3.05) is 5.32 Å². The van der Waals surface area contributed by atoms with E-state index in [4.69, 9.17) is 5.26 Å². The van der Waals surface area contributed by atoms with Crippen LogP contribution in [0.15, 0.2) is 48.5 Å². The van der Waals surface area contributed by atoms with E-state index < -0.39 is 12.5 Å². The zero-order valence-electron chi connectivity index (χ0n) is 14.1. The highest BCUT2D eigenvalue weighted by atomic mass is 19.3. The Morgan fingerprint density at radius 3 is 2.59 bits per heavy atom. The molecule has 0 bridgehead atoms. The Hall–Kier alpha value is -3.80. The Kier molecular flexibility index (Phi) is 5.08. The quantitative estimate of drug-likeness (QED) is 0.745. The number of aromatic nitrogens is 3. The number of nitrogens with zero attached hydrogens (tertiary/aromatic N) is 4. The van der Waals surface area contributed by atoms with E-state index in [1.807, 2.05) is 6.07 Å². The molecule has 0 saturated carbocycles. The normalized spacial score (nSPS) is 10.5. The molecule has 0 aliphatic rings. The number of carbonyl (C=O) groups excluding carboxylic acids is 1. The van der Waals surface area contributed by atoms with Gasteiger partial charge in [0, 0.05) is 0 Å². The van der Waals surface area contributed by atoms with E-state index in [1.54, 1.807) is 31.2 Å². The molecule has 9 heteroatoms. The van der Waals surface area contributed by atoms with Crippen molar-refractivity contribution < 1.29 is 18.3 Å². The number of halogens is 2. The predicted octanol–water partition coefficient (Wildman–Crippen LogP) is 3.30. The van der Waals surface area contributed by atoms with Crippen LogP contribution < -0.4 is 10.1 Å². The molecule has 0 fully saturated rings. The van der Waals surface area contributed by atoms with Crippen LogP contribution in [0.4, 0.5) is 14.5 Å². The van der Waals surface area contributed by atoms with Crippen LogP contribution in [0, 0.1) is 18.3 Å². The van der Waals surface area contributed by atoms with Gasteiger partial charge >= 0.3 is 6.61 Å². The number of ether oxygens (including phenoxy) is 1. The average molecular weight is 369 g/mol. The van der Waals surface area contributed by atoms with E-state index in [0.717, 1.165) is 0 Å². The molecule has 27 heavy (non-hydrogen) atoms. The summed E-state index contributed by atoms with van der Waals surface area (Å²) in [6, 6.07) is 14.3. The molecule has 0 radical (unpaired) electrons. The first-order valence-electron chi connectivity index (χ1n) is 7.77. The number of alkyl halides is 2. The van der Waals surface area contributed by atoms with Gasteiger partial charge in [0.05, 0.1) is 16.9 Å². The summed E-state index contributed by atoms with van der Waals surface area (Å²) in [6.07, 6.45) is 0. The molecule has 0 spiro atoms. The van der Waals surface area contributed by atoms with Crippen molar-refractivity contribution in [2.24, 2.45) is 0 Å². The van der Waals surface area contributed by atoms with Crippen LogP contribution >= 0.6 is 0 Å². The Balaban J connectivity index is 1.82. The molecule has 136 valence electrons. The molecule has 3 rings (SSSR count). The number of rotatable bonds is 5. The van der Waals surface area contributed by atoms with Crippen molar-refractivity contribution in [1.29, 1.82) is 5.26 Å². The molecule has 3 aromatic rings. The summed E-state index contributed by atoms with van der Waals surface area (Å²) in [5, 5.41) is 15.8. The molecule has 0 unspecified atom stereocenters. The topological polar surface area (TPSA) is 92.8 Å². The van der Waals surface area contributed by atoms with Crippen LogP contribution in [0.25, 0.3) is 5.69 Å². The van der Waals surface area contributed by atoms with Gasteiger partial charge in [-0.15, -0.1) is 5.10 Å². The smallest absolute Gasteiger partial charge is 0.387 e. The van der Waals surface area contributed by atoms with E-state index in [1.165, 1.54) is 28.9 Å². The monoisotopic (exact) mass is 369 g/mol. The minimum atomic E-state index is -2.91. The molecule has 0 atom stereocenters. The Labute approximate surface area is 152 Å². The predicted molar refractivity (Wildman–Crippen MR) is 91.8 cm³/mol. The number of hydrogen-bond acceptors (Lipinski definition) is 5. The fraction of sp³-hybridized carbons (Fsp3) is 0.111. The average Bonchev–Trinajstić information content (AvgIpc) is 3.04. The summed E-state index contributed by atoms with van der Waals surface area (Å²) < 4.78 is 30.1. The highest BCUT2D eigenvalue weighted by molar-refractivity contribution is 6.02. The maximum Gasteiger partial charge on any atom is 0.387 e. The number of nitrogens with one attached hydrogen (secondary N) is 1. The molecule has 7 nitrogen and oxygen atoms in total. The highest BCUT2D eigenvalue weighted by Crippen LogP contribution is 2.19. The lowest BCUT2D eigenvalue weighted by Gasteiger charge is -2.06. The maximum atomic E-state index is 12.4. The van der Waals surface area contributed by atoms with Gasteiger partial charge in [-0.2, -0.15) is 14.0 Å². The summed E-state index contributed by atoms with van der Waals surface area (Å²) in [5.74, 6) is -0.223. The molecule has 0 aliphatic carbocycles. The van der Waals surface area contributed by atoms with Crippen LogP contribution in [0.2, 0.25) is 0 Å². The van der Waals surface area contributed by atoms with E-state index in [2.05, 4.69) is 20.1 Å². The largest absolute Gasteiger partial charge is 0.435 e. The van der Waals surface area contributed by atoms with Gasteiger partial charge in [-0.05, 0) is 43.3 Å². The fourth-order valence-corrected chi connectivity index (χ4v) is 2.37. The van der Waals surface area contributed by atoms with Crippen LogP contribution in [0.5, 0.6) is 5.75 Å². The Morgan fingerprint density at radius 2 is 1.93 bits per heavy atom. The lowest BCUT2D eigenvalue weighted by Crippen LogP contribution is -2.15. The molecule has 1 amide bonds. The number of nitriles is 1. The second-order valence-corrected chi connectivity index (χ2v) is 5.38. The molecule has 1 aromatic heterocycles. The van der Waals surface area contributed by atoms with Gasteiger partial charge in [0.25, 0.3) is 5.91 Å². The van der Waals surface area contributed by atoms with Crippen molar-refractivity contribution in [3.63, 3.8) is 0 Å². The lowest BCUT2D eigenvalue weighted by molar-refractivity contribution is -0.0498. The SMILES string of the molecule is Cc1nc(C(=O)Nc2ccccc2C#N)nn1-c1ccc(OC(F)F)cc1. The van der Waals surface area contributed by atoms with Gasteiger partial charge < -0.3 is 10.1 Å². The zero-order chi connectivity index (χ0) is 19.4. The van der Waals surface area contributed by atoms with Crippen LogP contribution in [0.1, 0.15) is 22.0 Å². The summed E-state index contributed by atoms with van der Waals surface area (Å²) in [6.45, 7) is -1.26. The lowest BCUT2D eigenvalue weighted by atomic mass is 10.2. The maximum absolute atomic E-state index is 12.4. The molecule has 0 aliphatic heterocycles. The van der Waals surface area contributed by atoms with Crippen molar-refractivity contribution in [2.45, 2.75) is 13.5 Å². The summed E-state index contributed by atoms with van der Waals surface area (Å²) in [5.41, 5.74) is 1.20. The van der Waals surface area contributed by atoms with E-state index in [-0.39, 0.29) is 11.6 Å². The summed E-state index contributed by atoms with van der Waals surface area (Å²) >= 11 is 0. The Bertz CT molecular complexity index is 1010. The van der Waals surface area contributed by atoms with E-state index in [9.17, 15) is 13.6 Å². The first-order chi connectivity index (χ1) is 13.0. The third kappa shape index (κ3) is 4.07. The minimum Gasteiger partial charge on any atom is -0.435 e. The van der Waals surface area contributed by atoms with Gasteiger partial charge in [-0.3, -0.25) is 4.79 Å². The van der Waals surface area contributed by atoms with Crippen LogP contribution in [-0.4, -0.2) is 27.3 Å². The molecule has 2 aromatic carbocycles. The summed E-state index contributed by atoms with van der Waals surface area (Å²) in [4.78, 5) is 16.5. The molecular weight excluding hydrogens is 356 g/mol. The van der Waals surface area contributed by atoms with Gasteiger partial charge in [0.1, 0.15) is 17.6 Å². The highest BCUT2D eigenvalue weighted by Gasteiger charge is 2.17. The number of carbonyl (C=O) groups is 1. The van der Waals surface area contributed by atoms with E-state index in [0.29, 0.717) is 22.8 Å². The number of hydrogen-bond donors (Lipinski definition) is 1. The number of para-hydroxylation sites is 1. The van der Waals surface area contributed by atoms with Crippen molar-refractivity contribution >= 4 is 11.6 Å². The number of anilines is 1. The van der Waals surface area contributed by atoms with Gasteiger partial charge in [0.15, 0.2) is 0 Å². The molecular formula is C18H13F2N5O2. The van der Waals surface area contributed by atoms with Gasteiger partial charge in [-0.1, -0.05) is 12.1 Å². The van der Waals surface area contributed by atoms with E-state index >= 15 is 0 Å². The zero-order valence-corrected chi connectivity index (χ0v) is 14.1. The van der Waals surface area contributed by atoms with Crippen molar-refractivity contribution in [1.82, 2.24) is 14.8 Å². The first kappa shape index (κ1) is 18.0. The number of benzene rings is 2. The number of aryl methyl sites for hydroxylation is 1. The minimum absolute atomic E-state index is 0.0117. The summed E-state index contributed by atoms with van der Waals surface area (Å²) in [7, 11) is 0. The molecule has 1 heterocycles. The standard InChI is InChI=1S/C18H13F2N5O2/c1-11-22-16(17(26)23-15-5-3-2-4-12(15)10-21)24-25(11)13-6-8-14(9-7-13)27-18(19)20/h2-9,18H,1H3,(H,23,26). The van der Waals surface area contributed by atoms with Gasteiger partial charge in [-0.25, -0.2) is 9.67 Å². The van der Waals surface area contributed by atoms with Crippen molar-refractivity contribution in [3.05, 3.63) is 65.7 Å². The second kappa shape index (κ2) is 7.61. The Morgan fingerprint density at radius 1 is 1.22 bits per heavy atom. The number of amides is 1.